The van der Waals surface area contributed by atoms with Gasteiger partial charge in [0.1, 0.15) is 24.1 Å². The van der Waals surface area contributed by atoms with Crippen molar-refractivity contribution in [2.24, 2.45) is 0 Å². The Hall–Kier alpha value is -1.74. The minimum Gasteiger partial charge on any atom is -0.543 e. The third-order valence-corrected chi connectivity index (χ3v) is 6.87. The molecule has 1 fully saturated rings. The Balaban J connectivity index is 0.00000408. The Morgan fingerprint density at radius 3 is 2.50 bits per heavy atom. The zero-order valence-corrected chi connectivity index (χ0v) is 21.9. The summed E-state index contributed by atoms with van der Waals surface area (Å²) in [7, 11) is 0. The normalized spacial score (nSPS) is 20.7. The first-order chi connectivity index (χ1) is 15.3. The average Bonchev–Trinajstić information content (AvgIpc) is 3.03. The zero-order chi connectivity index (χ0) is 24.8. The Morgan fingerprint density at radius 2 is 2.00 bits per heavy atom. The maximum Gasteiger partial charge on any atom is 1.00 e. The number of nitrogens with one attached hydrogen (secondary N) is 1. The first-order valence-corrected chi connectivity index (χ1v) is 10.8. The number of alkyl halides is 3. The Morgan fingerprint density at radius 1 is 1.38 bits per heavy atom. The summed E-state index contributed by atoms with van der Waals surface area (Å²) in [6.45, 7) is 3.36. The summed E-state index contributed by atoms with van der Waals surface area (Å²) in [4.78, 5) is 48.8. The molecule has 0 saturated carbocycles. The first-order valence-electron chi connectivity index (χ1n) is 9.39. The molecule has 2 amide bonds. The van der Waals surface area contributed by atoms with Crippen molar-refractivity contribution in [1.82, 2.24) is 20.0 Å². The van der Waals surface area contributed by atoms with Crippen LogP contribution in [0.25, 0.3) is 0 Å². The maximum atomic E-state index is 13.1. The second-order valence-electron chi connectivity index (χ2n) is 7.28. The van der Waals surface area contributed by atoms with E-state index in [0.29, 0.717) is 0 Å². The molecule has 0 aliphatic carbocycles. The van der Waals surface area contributed by atoms with Crippen LogP contribution in [-0.2, 0) is 30.1 Å². The van der Waals surface area contributed by atoms with Crippen LogP contribution in [0.3, 0.4) is 0 Å². The summed E-state index contributed by atoms with van der Waals surface area (Å²) in [5.41, 5.74) is -1.69. The van der Waals surface area contributed by atoms with E-state index in [2.05, 4.69) is 10.4 Å². The average molecular weight is 533 g/mol. The molecule has 3 unspecified atom stereocenters. The number of aliphatic carboxylic acids is 1. The molecule has 3 atom stereocenters. The summed E-state index contributed by atoms with van der Waals surface area (Å²) < 4.78 is 44.8. The Labute approximate surface area is 222 Å². The molecule has 2 aliphatic heterocycles. The summed E-state index contributed by atoms with van der Waals surface area (Å²) in [5.74, 6) is -3.75. The van der Waals surface area contributed by atoms with Gasteiger partial charge in [0.25, 0.3) is 5.91 Å². The number of fused-ring (bicyclic) bond motifs is 1. The van der Waals surface area contributed by atoms with E-state index in [-0.39, 0.29) is 53.2 Å². The number of aromatic nitrogens is 2. The molecule has 2 aliphatic rings. The molecule has 1 N–H and O–H groups in total. The van der Waals surface area contributed by atoms with Gasteiger partial charge in [0.2, 0.25) is 5.91 Å². The molecule has 34 heavy (non-hydrogen) atoms. The molecule has 1 saturated heterocycles. The quantitative estimate of drug-likeness (QED) is 0.239. The molecular weight excluding hydrogens is 516 g/mol. The molecule has 3 rings (SSSR count). The minimum absolute atomic E-state index is 0. The van der Waals surface area contributed by atoms with Gasteiger partial charge >= 0.3 is 41.7 Å². The summed E-state index contributed by atoms with van der Waals surface area (Å²) in [5, 5.41) is 16.0. The molecule has 0 aromatic carbocycles. The third-order valence-electron chi connectivity index (χ3n) is 5.08. The monoisotopic (exact) mass is 532 g/mol. The molecule has 3 heterocycles. The molecule has 180 valence electrons. The van der Waals surface area contributed by atoms with E-state index in [9.17, 15) is 37.5 Å². The molecule has 0 bridgehead atoms. The van der Waals surface area contributed by atoms with E-state index in [1.54, 1.807) is 0 Å². The van der Waals surface area contributed by atoms with Crippen LogP contribution in [0.15, 0.2) is 11.3 Å². The number of halogens is 4. The van der Waals surface area contributed by atoms with Gasteiger partial charge < -0.3 is 20.0 Å². The number of nitrogens with zero attached hydrogens (tertiary/aromatic N) is 3. The standard InChI is InChI=1S/C18H18ClF3N4O6S.Na/c1-6-10(19)13(18(20,21)22)24-26(6)7(2)14(28)23-11-15(29)25-12(17(30)31)9(4-32-8(3)27)5-33-16(11)25;/h7,11,16H,4-5H2,1-3H3,(H,23,28)(H,30,31);/q;+1/p-1. The number of ether oxygens (including phenoxy) is 1. The van der Waals surface area contributed by atoms with Gasteiger partial charge in [-0.15, -0.1) is 11.8 Å². The van der Waals surface area contributed by atoms with Crippen molar-refractivity contribution < 1.29 is 71.8 Å². The number of carboxylic acid groups (broad SMARTS) is 1. The van der Waals surface area contributed by atoms with Crippen molar-refractivity contribution in [2.45, 2.75) is 44.4 Å². The number of hydrogen-bond acceptors (Lipinski definition) is 8. The van der Waals surface area contributed by atoms with Crippen molar-refractivity contribution in [3.05, 3.63) is 27.7 Å². The predicted molar refractivity (Wildman–Crippen MR) is 105 cm³/mol. The van der Waals surface area contributed by atoms with Crippen LogP contribution in [0.5, 0.6) is 0 Å². The number of carbonyl (C=O) groups is 4. The fraction of sp³-hybridized carbons (Fsp3) is 0.500. The van der Waals surface area contributed by atoms with Crippen LogP contribution in [0, 0.1) is 6.92 Å². The topological polar surface area (TPSA) is 134 Å². The van der Waals surface area contributed by atoms with Gasteiger partial charge in [-0.1, -0.05) is 11.6 Å². The number of amides is 2. The minimum atomic E-state index is -4.82. The van der Waals surface area contributed by atoms with Crippen molar-refractivity contribution >= 4 is 47.1 Å². The number of carbonyl (C=O) groups excluding carboxylic acids is 4. The Kier molecular flexibility index (Phi) is 8.78. The van der Waals surface area contributed by atoms with Gasteiger partial charge in [0.05, 0.1) is 22.4 Å². The van der Waals surface area contributed by atoms with Crippen LogP contribution in [0.2, 0.25) is 5.02 Å². The number of β-lactam (4-membered cyclic amide) rings is 1. The van der Waals surface area contributed by atoms with E-state index in [0.717, 1.165) is 28.3 Å². The van der Waals surface area contributed by atoms with Crippen LogP contribution in [-0.4, -0.2) is 62.2 Å². The number of thioether (sulfide) groups is 1. The molecular formula is C18H17ClF3N4NaO6S. The number of esters is 1. The van der Waals surface area contributed by atoms with Crippen molar-refractivity contribution in [2.75, 3.05) is 12.4 Å². The maximum absolute atomic E-state index is 13.1. The zero-order valence-electron chi connectivity index (χ0n) is 18.4. The molecule has 16 heteroatoms. The number of rotatable bonds is 6. The van der Waals surface area contributed by atoms with Crippen LogP contribution in [0.4, 0.5) is 13.2 Å². The van der Waals surface area contributed by atoms with Crippen LogP contribution < -0.4 is 40.0 Å². The van der Waals surface area contributed by atoms with Gasteiger partial charge in [-0.25, -0.2) is 0 Å². The molecule has 0 spiro atoms. The SMILES string of the molecule is CC(=O)OCC1=C(C(=O)[O-])N2C(=O)C(NC(=O)C(C)n3nc(C(F)(F)F)c(Cl)c3C)C2SC1.[Na+]. The second-order valence-corrected chi connectivity index (χ2v) is 8.77. The van der Waals surface area contributed by atoms with Crippen molar-refractivity contribution in [3.8, 4) is 0 Å². The van der Waals surface area contributed by atoms with Crippen LogP contribution >= 0.6 is 23.4 Å². The summed E-state index contributed by atoms with van der Waals surface area (Å²) in [6.07, 6.45) is -4.82. The number of carboxylic acids is 1. The first kappa shape index (κ1) is 28.5. The fourth-order valence-corrected chi connectivity index (χ4v) is 4.97. The van der Waals surface area contributed by atoms with Gasteiger partial charge in [-0.3, -0.25) is 24.0 Å². The van der Waals surface area contributed by atoms with E-state index in [1.807, 2.05) is 0 Å². The van der Waals surface area contributed by atoms with Gasteiger partial charge in [0.15, 0.2) is 5.69 Å². The van der Waals surface area contributed by atoms with Crippen molar-refractivity contribution in [3.63, 3.8) is 0 Å². The largest absolute Gasteiger partial charge is 1.00 e. The van der Waals surface area contributed by atoms with E-state index >= 15 is 0 Å². The van der Waals surface area contributed by atoms with E-state index < -0.39 is 63.8 Å². The fourth-order valence-electron chi connectivity index (χ4n) is 3.41. The van der Waals surface area contributed by atoms with E-state index in [4.69, 9.17) is 16.3 Å². The smallest absolute Gasteiger partial charge is 0.543 e. The molecule has 0 radical (unpaired) electrons. The van der Waals surface area contributed by atoms with Crippen LogP contribution in [0.1, 0.15) is 31.3 Å². The Bertz CT molecular complexity index is 1080. The summed E-state index contributed by atoms with van der Waals surface area (Å²) >= 11 is 6.84. The number of hydrogen-bond donors (Lipinski definition) is 1. The van der Waals surface area contributed by atoms with Gasteiger partial charge in [-0.05, 0) is 13.8 Å². The molecule has 10 nitrogen and oxygen atoms in total. The van der Waals surface area contributed by atoms with E-state index in [1.165, 1.54) is 13.8 Å². The molecule has 1 aromatic rings. The molecule has 1 aromatic heterocycles. The van der Waals surface area contributed by atoms with Gasteiger partial charge in [-0.2, -0.15) is 18.3 Å². The van der Waals surface area contributed by atoms with Crippen molar-refractivity contribution in [1.29, 1.82) is 0 Å². The van der Waals surface area contributed by atoms with Gasteiger partial charge in [0, 0.05) is 18.2 Å². The second kappa shape index (κ2) is 10.5. The predicted octanol–water partition coefficient (Wildman–Crippen LogP) is -2.60. The summed E-state index contributed by atoms with van der Waals surface area (Å²) in [6, 6.07) is -2.37. The third kappa shape index (κ3) is 5.25.